The molecule has 2 N–H and O–H groups in total. The summed E-state index contributed by atoms with van der Waals surface area (Å²) in [6.07, 6.45) is 7.19. The highest BCUT2D eigenvalue weighted by Gasteiger charge is 2.38. The Morgan fingerprint density at radius 1 is 1.07 bits per heavy atom. The molecule has 3 heterocycles. The molecule has 2 amide bonds. The van der Waals surface area contributed by atoms with Gasteiger partial charge in [0.2, 0.25) is 0 Å². The van der Waals surface area contributed by atoms with Crippen molar-refractivity contribution < 1.29 is 14.3 Å². The number of benzene rings is 1. The third kappa shape index (κ3) is 3.75. The van der Waals surface area contributed by atoms with E-state index in [1.54, 1.807) is 6.20 Å². The summed E-state index contributed by atoms with van der Waals surface area (Å²) in [5.74, 6) is -0.553. The number of nitrogens with zero attached hydrogens (tertiary/aromatic N) is 3. The Hall–Kier alpha value is -2.80. The molecule has 2 aliphatic heterocycles. The molecule has 7 nitrogen and oxygen atoms in total. The molecule has 0 aliphatic carbocycles. The molecule has 0 bridgehead atoms. The first-order chi connectivity index (χ1) is 13.6. The van der Waals surface area contributed by atoms with E-state index in [0.717, 1.165) is 51.1 Å². The number of amides is 2. The fraction of sp³-hybridized carbons (Fsp3) is 0.429. The largest absolute Gasteiger partial charge is 0.381 e. The number of ether oxygens (including phenoxy) is 1. The van der Waals surface area contributed by atoms with Crippen molar-refractivity contribution in [1.29, 1.82) is 0 Å². The molecule has 2 fully saturated rings. The standard InChI is InChI=1S/C21H24N4O3/c22-19(26)18-13-23-12-17(24-18)15-2-4-16(5-3-15)20(27)25-9-1-6-21(14-25)7-10-28-11-8-21/h2-5,12-13H,1,6-11,14H2,(H2,22,26). The van der Waals surface area contributed by atoms with Crippen LogP contribution in [0.2, 0.25) is 0 Å². The van der Waals surface area contributed by atoms with E-state index in [2.05, 4.69) is 9.97 Å². The van der Waals surface area contributed by atoms with Crippen LogP contribution in [-0.2, 0) is 4.74 Å². The maximum atomic E-state index is 13.0. The number of rotatable bonds is 3. The zero-order chi connectivity index (χ0) is 19.6. The summed E-state index contributed by atoms with van der Waals surface area (Å²) in [6.45, 7) is 3.20. The molecule has 2 aliphatic rings. The van der Waals surface area contributed by atoms with Crippen molar-refractivity contribution in [1.82, 2.24) is 14.9 Å². The van der Waals surface area contributed by atoms with Crippen LogP contribution in [0.25, 0.3) is 11.3 Å². The van der Waals surface area contributed by atoms with Crippen LogP contribution in [0.15, 0.2) is 36.7 Å². The Bertz CT molecular complexity index is 870. The smallest absolute Gasteiger partial charge is 0.268 e. The highest BCUT2D eigenvalue weighted by Crippen LogP contribution is 2.39. The van der Waals surface area contributed by atoms with Crippen molar-refractivity contribution in [2.75, 3.05) is 26.3 Å². The fourth-order valence-corrected chi connectivity index (χ4v) is 4.18. The molecule has 28 heavy (non-hydrogen) atoms. The molecule has 0 atom stereocenters. The summed E-state index contributed by atoms with van der Waals surface area (Å²) in [4.78, 5) is 34.5. The highest BCUT2D eigenvalue weighted by molar-refractivity contribution is 5.95. The molecule has 1 aromatic carbocycles. The minimum Gasteiger partial charge on any atom is -0.381 e. The number of carbonyl (C=O) groups excluding carboxylic acids is 2. The van der Waals surface area contributed by atoms with Gasteiger partial charge in [0.15, 0.2) is 0 Å². The third-order valence-corrected chi connectivity index (χ3v) is 5.82. The minimum absolute atomic E-state index is 0.0640. The van der Waals surface area contributed by atoms with Crippen molar-refractivity contribution >= 4 is 11.8 Å². The van der Waals surface area contributed by atoms with Gasteiger partial charge in [0.25, 0.3) is 11.8 Å². The summed E-state index contributed by atoms with van der Waals surface area (Å²) in [5.41, 5.74) is 7.60. The lowest BCUT2D eigenvalue weighted by Gasteiger charge is -2.45. The molecule has 0 saturated carbocycles. The second-order valence-electron chi connectivity index (χ2n) is 7.67. The van der Waals surface area contributed by atoms with Crippen LogP contribution in [0.3, 0.4) is 0 Å². The molecular formula is C21H24N4O3. The predicted octanol–water partition coefficient (Wildman–Crippen LogP) is 2.28. The predicted molar refractivity (Wildman–Crippen MR) is 104 cm³/mol. The van der Waals surface area contributed by atoms with E-state index in [9.17, 15) is 9.59 Å². The van der Waals surface area contributed by atoms with E-state index < -0.39 is 5.91 Å². The Kier molecular flexibility index (Phi) is 5.09. The number of likely N-dealkylation sites (tertiary alicyclic amines) is 1. The maximum absolute atomic E-state index is 13.0. The summed E-state index contributed by atoms with van der Waals surface area (Å²) in [6, 6.07) is 7.27. The zero-order valence-corrected chi connectivity index (χ0v) is 15.8. The molecule has 2 aromatic rings. The van der Waals surface area contributed by atoms with Crippen LogP contribution < -0.4 is 5.73 Å². The van der Waals surface area contributed by atoms with Crippen molar-refractivity contribution in [2.45, 2.75) is 25.7 Å². The molecule has 2 saturated heterocycles. The van der Waals surface area contributed by atoms with E-state index in [0.29, 0.717) is 11.3 Å². The Labute approximate surface area is 163 Å². The van der Waals surface area contributed by atoms with Crippen LogP contribution in [0.5, 0.6) is 0 Å². The van der Waals surface area contributed by atoms with E-state index in [4.69, 9.17) is 10.5 Å². The molecular weight excluding hydrogens is 356 g/mol. The van der Waals surface area contributed by atoms with E-state index in [-0.39, 0.29) is 17.0 Å². The molecule has 0 radical (unpaired) electrons. The topological polar surface area (TPSA) is 98.4 Å². The molecule has 1 spiro atoms. The number of aromatic nitrogens is 2. The highest BCUT2D eigenvalue weighted by atomic mass is 16.5. The summed E-state index contributed by atoms with van der Waals surface area (Å²) < 4.78 is 5.51. The number of primary amides is 1. The number of nitrogens with two attached hydrogens (primary N) is 1. The van der Waals surface area contributed by atoms with Crippen molar-refractivity contribution in [3.05, 3.63) is 47.9 Å². The van der Waals surface area contributed by atoms with Gasteiger partial charge in [-0.2, -0.15) is 0 Å². The van der Waals surface area contributed by atoms with Gasteiger partial charge in [-0.05, 0) is 43.2 Å². The summed E-state index contributed by atoms with van der Waals surface area (Å²) in [7, 11) is 0. The lowest BCUT2D eigenvalue weighted by atomic mass is 9.74. The molecule has 7 heteroatoms. The Morgan fingerprint density at radius 2 is 1.82 bits per heavy atom. The first-order valence-corrected chi connectivity index (χ1v) is 9.66. The average molecular weight is 380 g/mol. The van der Waals surface area contributed by atoms with E-state index >= 15 is 0 Å². The maximum Gasteiger partial charge on any atom is 0.268 e. The van der Waals surface area contributed by atoms with Crippen LogP contribution in [0.1, 0.15) is 46.5 Å². The van der Waals surface area contributed by atoms with Crippen LogP contribution in [0, 0.1) is 5.41 Å². The first-order valence-electron chi connectivity index (χ1n) is 9.66. The van der Waals surface area contributed by atoms with Crippen LogP contribution in [0.4, 0.5) is 0 Å². The monoisotopic (exact) mass is 380 g/mol. The van der Waals surface area contributed by atoms with Gasteiger partial charge in [-0.25, -0.2) is 4.98 Å². The lowest BCUT2D eigenvalue weighted by molar-refractivity contribution is -0.0229. The molecule has 0 unspecified atom stereocenters. The second kappa shape index (κ2) is 7.67. The number of carbonyl (C=O) groups is 2. The van der Waals surface area contributed by atoms with E-state index in [1.165, 1.54) is 12.6 Å². The van der Waals surface area contributed by atoms with Gasteiger partial charge < -0.3 is 15.4 Å². The average Bonchev–Trinajstić information content (AvgIpc) is 2.74. The first kappa shape index (κ1) is 18.6. The number of piperidine rings is 1. The van der Waals surface area contributed by atoms with Gasteiger partial charge in [0.05, 0.1) is 18.1 Å². The third-order valence-electron chi connectivity index (χ3n) is 5.82. The fourth-order valence-electron chi connectivity index (χ4n) is 4.18. The lowest BCUT2D eigenvalue weighted by Crippen LogP contribution is -2.48. The second-order valence-corrected chi connectivity index (χ2v) is 7.67. The number of hydrogen-bond acceptors (Lipinski definition) is 5. The Morgan fingerprint density at radius 3 is 2.54 bits per heavy atom. The van der Waals surface area contributed by atoms with Gasteiger partial charge in [-0.1, -0.05) is 12.1 Å². The number of hydrogen-bond donors (Lipinski definition) is 1. The van der Waals surface area contributed by atoms with Crippen molar-refractivity contribution in [2.24, 2.45) is 11.1 Å². The molecule has 4 rings (SSSR count). The van der Waals surface area contributed by atoms with E-state index in [1.807, 2.05) is 29.2 Å². The minimum atomic E-state index is -0.617. The normalized spacial score (nSPS) is 18.8. The Balaban J connectivity index is 1.50. The molecule has 1 aromatic heterocycles. The quantitative estimate of drug-likeness (QED) is 0.881. The van der Waals surface area contributed by atoms with Gasteiger partial charge >= 0.3 is 0 Å². The van der Waals surface area contributed by atoms with Gasteiger partial charge in [-0.15, -0.1) is 0 Å². The SMILES string of the molecule is NC(=O)c1cncc(-c2ccc(C(=O)N3CCCC4(CCOCC4)C3)cc2)n1. The van der Waals surface area contributed by atoms with Gasteiger partial charge in [0.1, 0.15) is 5.69 Å². The van der Waals surface area contributed by atoms with Gasteiger partial charge in [-0.3, -0.25) is 14.6 Å². The molecule has 146 valence electrons. The summed E-state index contributed by atoms with van der Waals surface area (Å²) in [5, 5.41) is 0. The van der Waals surface area contributed by atoms with Crippen LogP contribution >= 0.6 is 0 Å². The van der Waals surface area contributed by atoms with Crippen molar-refractivity contribution in [3.8, 4) is 11.3 Å². The zero-order valence-electron chi connectivity index (χ0n) is 15.8. The van der Waals surface area contributed by atoms with Crippen molar-refractivity contribution in [3.63, 3.8) is 0 Å². The summed E-state index contributed by atoms with van der Waals surface area (Å²) >= 11 is 0. The van der Waals surface area contributed by atoms with Gasteiger partial charge in [0, 0.05) is 37.4 Å². The van der Waals surface area contributed by atoms with Crippen LogP contribution in [-0.4, -0.2) is 53.0 Å².